The van der Waals surface area contributed by atoms with Gasteiger partial charge in [0, 0.05) is 18.5 Å². The van der Waals surface area contributed by atoms with Crippen LogP contribution in [0.2, 0.25) is 5.02 Å². The molecule has 1 N–H and O–H groups in total. The number of amides is 1. The Morgan fingerprint density at radius 1 is 1.19 bits per heavy atom. The second-order valence-electron chi connectivity index (χ2n) is 7.23. The summed E-state index contributed by atoms with van der Waals surface area (Å²) in [6.45, 7) is 5.05. The van der Waals surface area contributed by atoms with Crippen molar-refractivity contribution in [1.29, 1.82) is 0 Å². The average molecular weight is 454 g/mol. The van der Waals surface area contributed by atoms with E-state index in [2.05, 4.69) is 20.3 Å². The monoisotopic (exact) mass is 453 g/mol. The molecule has 0 atom stereocenters. The van der Waals surface area contributed by atoms with Crippen molar-refractivity contribution < 1.29 is 9.53 Å². The quantitative estimate of drug-likeness (QED) is 0.491. The van der Waals surface area contributed by atoms with Crippen LogP contribution in [0.4, 0.5) is 11.5 Å². The van der Waals surface area contributed by atoms with E-state index in [0.29, 0.717) is 15.7 Å². The number of carbonyl (C=O) groups excluding carboxylic acids is 1. The van der Waals surface area contributed by atoms with Gasteiger partial charge in [0.15, 0.2) is 0 Å². The van der Waals surface area contributed by atoms with E-state index < -0.39 is 0 Å². The van der Waals surface area contributed by atoms with Gasteiger partial charge >= 0.3 is 0 Å². The summed E-state index contributed by atoms with van der Waals surface area (Å²) in [5.41, 5.74) is 2.66. The number of anilines is 2. The molecule has 9 heteroatoms. The number of ether oxygens (including phenoxy) is 1. The lowest BCUT2D eigenvalue weighted by molar-refractivity contribution is 0.103. The van der Waals surface area contributed by atoms with E-state index in [0.717, 1.165) is 53.6 Å². The lowest BCUT2D eigenvalue weighted by atomic mass is 10.3. The van der Waals surface area contributed by atoms with Crippen LogP contribution in [0.5, 0.6) is 0 Å². The molecule has 0 radical (unpaired) electrons. The van der Waals surface area contributed by atoms with Gasteiger partial charge < -0.3 is 15.0 Å². The largest absolute Gasteiger partial charge is 0.378 e. The first-order valence-corrected chi connectivity index (χ1v) is 11.1. The van der Waals surface area contributed by atoms with Crippen LogP contribution in [0.3, 0.4) is 0 Å². The maximum atomic E-state index is 12.9. The number of para-hydroxylation sites is 1. The zero-order valence-corrected chi connectivity index (χ0v) is 18.4. The second kappa shape index (κ2) is 8.30. The lowest BCUT2D eigenvalue weighted by Crippen LogP contribution is -2.36. The first-order chi connectivity index (χ1) is 15.1. The molecule has 0 aliphatic carbocycles. The predicted octanol–water partition coefficient (Wildman–Crippen LogP) is 4.53. The van der Waals surface area contributed by atoms with Gasteiger partial charge in [0.2, 0.25) is 0 Å². The molecular formula is C22H20ClN5O2S. The number of halogens is 1. The smallest absolute Gasteiger partial charge is 0.266 e. The highest BCUT2D eigenvalue weighted by Crippen LogP contribution is 2.32. The van der Waals surface area contributed by atoms with Crippen LogP contribution in [0.15, 0.2) is 48.7 Å². The number of pyridine rings is 1. The average Bonchev–Trinajstić information content (AvgIpc) is 3.36. The fourth-order valence-electron chi connectivity index (χ4n) is 3.59. The normalized spacial score (nSPS) is 14.2. The number of thiophene rings is 1. The fourth-order valence-corrected chi connectivity index (χ4v) is 4.88. The van der Waals surface area contributed by atoms with Crippen molar-refractivity contribution >= 4 is 50.6 Å². The van der Waals surface area contributed by atoms with Gasteiger partial charge in [-0.15, -0.1) is 11.3 Å². The van der Waals surface area contributed by atoms with Crippen LogP contribution >= 0.6 is 22.9 Å². The molecule has 1 aliphatic rings. The van der Waals surface area contributed by atoms with Gasteiger partial charge in [-0.25, -0.2) is 9.67 Å². The summed E-state index contributed by atoms with van der Waals surface area (Å²) in [4.78, 5) is 21.0. The molecule has 1 aromatic carbocycles. The number of hydrogen-bond donors (Lipinski definition) is 1. The Kier molecular flexibility index (Phi) is 5.35. The molecule has 7 nitrogen and oxygen atoms in total. The summed E-state index contributed by atoms with van der Waals surface area (Å²) in [6, 6.07) is 13.2. The molecule has 1 aliphatic heterocycles. The highest BCUT2D eigenvalue weighted by Gasteiger charge is 2.19. The molecule has 1 saturated heterocycles. The lowest BCUT2D eigenvalue weighted by Gasteiger charge is -2.28. The van der Waals surface area contributed by atoms with Gasteiger partial charge in [0.25, 0.3) is 5.91 Å². The molecule has 0 unspecified atom stereocenters. The number of hydrogen-bond acceptors (Lipinski definition) is 6. The topological polar surface area (TPSA) is 72.3 Å². The fraction of sp³-hybridized carbons (Fsp3) is 0.227. The van der Waals surface area contributed by atoms with Gasteiger partial charge in [-0.05, 0) is 37.3 Å². The van der Waals surface area contributed by atoms with Crippen LogP contribution in [-0.4, -0.2) is 47.0 Å². The Hall–Kier alpha value is -2.94. The Morgan fingerprint density at radius 3 is 2.74 bits per heavy atom. The molecule has 31 heavy (non-hydrogen) atoms. The summed E-state index contributed by atoms with van der Waals surface area (Å²) in [5.74, 6) is 0.321. The molecule has 1 amide bonds. The van der Waals surface area contributed by atoms with Crippen molar-refractivity contribution in [3.05, 3.63) is 64.3 Å². The summed E-state index contributed by atoms with van der Waals surface area (Å²) in [7, 11) is 0. The maximum Gasteiger partial charge on any atom is 0.266 e. The van der Waals surface area contributed by atoms with E-state index in [1.54, 1.807) is 10.9 Å². The second-order valence-corrected chi connectivity index (χ2v) is 8.67. The molecule has 0 bridgehead atoms. The third-order valence-electron chi connectivity index (χ3n) is 5.21. The van der Waals surface area contributed by atoms with E-state index >= 15 is 0 Å². The highest BCUT2D eigenvalue weighted by atomic mass is 35.5. The summed E-state index contributed by atoms with van der Waals surface area (Å²) in [5, 5.41) is 9.04. The Balaban J connectivity index is 1.38. The van der Waals surface area contributed by atoms with Crippen molar-refractivity contribution in [3.63, 3.8) is 0 Å². The Morgan fingerprint density at radius 2 is 2.00 bits per heavy atom. The van der Waals surface area contributed by atoms with Crippen molar-refractivity contribution in [1.82, 2.24) is 14.8 Å². The number of morpholine rings is 1. The van der Waals surface area contributed by atoms with Crippen molar-refractivity contribution in [3.8, 4) is 5.69 Å². The molecule has 4 heterocycles. The molecule has 0 saturated carbocycles. The Bertz CT molecular complexity index is 1240. The van der Waals surface area contributed by atoms with E-state index in [9.17, 15) is 4.79 Å². The standard InChI is InChI=1S/C22H20ClN5O2S/c1-14-16-12-19(31-22(16)28(26-14)18-5-3-2-4-17(18)23)21(29)25-20-7-6-15(13-24-20)27-8-10-30-11-9-27/h2-7,12-13H,8-11H2,1H3,(H,24,25,29). The van der Waals surface area contributed by atoms with E-state index in [1.165, 1.54) is 11.3 Å². The van der Waals surface area contributed by atoms with E-state index in [1.807, 2.05) is 49.4 Å². The number of nitrogens with zero attached hydrogens (tertiary/aromatic N) is 4. The van der Waals surface area contributed by atoms with Crippen LogP contribution in [-0.2, 0) is 4.74 Å². The number of fused-ring (bicyclic) bond motifs is 1. The van der Waals surface area contributed by atoms with E-state index in [-0.39, 0.29) is 5.91 Å². The number of aromatic nitrogens is 3. The van der Waals surface area contributed by atoms with E-state index in [4.69, 9.17) is 16.3 Å². The minimum atomic E-state index is -0.196. The minimum absolute atomic E-state index is 0.196. The zero-order chi connectivity index (χ0) is 21.4. The zero-order valence-electron chi connectivity index (χ0n) is 16.8. The first-order valence-electron chi connectivity index (χ1n) is 9.94. The van der Waals surface area contributed by atoms with Crippen molar-refractivity contribution in [2.24, 2.45) is 0 Å². The molecule has 0 spiro atoms. The van der Waals surface area contributed by atoms with Crippen LogP contribution < -0.4 is 10.2 Å². The molecule has 1 fully saturated rings. The number of benzene rings is 1. The highest BCUT2D eigenvalue weighted by molar-refractivity contribution is 7.20. The minimum Gasteiger partial charge on any atom is -0.378 e. The SMILES string of the molecule is Cc1nn(-c2ccccc2Cl)c2sc(C(=O)Nc3ccc(N4CCOCC4)cn3)cc12. The molecule has 5 rings (SSSR count). The van der Waals surface area contributed by atoms with Crippen LogP contribution in [0.25, 0.3) is 15.9 Å². The first kappa shape index (κ1) is 20.0. The van der Waals surface area contributed by atoms with Crippen molar-refractivity contribution in [2.45, 2.75) is 6.92 Å². The number of carbonyl (C=O) groups is 1. The molecule has 4 aromatic rings. The van der Waals surface area contributed by atoms with Gasteiger partial charge in [0.05, 0.1) is 46.4 Å². The number of rotatable bonds is 4. The van der Waals surface area contributed by atoms with Gasteiger partial charge in [0.1, 0.15) is 10.6 Å². The van der Waals surface area contributed by atoms with Gasteiger partial charge in [-0.3, -0.25) is 4.79 Å². The summed E-state index contributed by atoms with van der Waals surface area (Å²) < 4.78 is 7.18. The van der Waals surface area contributed by atoms with Crippen molar-refractivity contribution in [2.75, 3.05) is 36.5 Å². The predicted molar refractivity (Wildman–Crippen MR) is 124 cm³/mol. The van der Waals surface area contributed by atoms with Crippen LogP contribution in [0, 0.1) is 6.92 Å². The Labute approximate surface area is 188 Å². The molecular weight excluding hydrogens is 434 g/mol. The molecule has 3 aromatic heterocycles. The number of aryl methyl sites for hydroxylation is 1. The number of nitrogens with one attached hydrogen (secondary N) is 1. The van der Waals surface area contributed by atoms with Crippen LogP contribution in [0.1, 0.15) is 15.4 Å². The third kappa shape index (κ3) is 3.89. The van der Waals surface area contributed by atoms with Gasteiger partial charge in [-0.1, -0.05) is 23.7 Å². The van der Waals surface area contributed by atoms with Gasteiger partial charge in [-0.2, -0.15) is 5.10 Å². The summed E-state index contributed by atoms with van der Waals surface area (Å²) >= 11 is 7.74. The third-order valence-corrected chi connectivity index (χ3v) is 6.64. The maximum absolute atomic E-state index is 12.9. The summed E-state index contributed by atoms with van der Waals surface area (Å²) in [6.07, 6.45) is 1.78. The molecule has 158 valence electrons.